The highest BCUT2D eigenvalue weighted by Gasteiger charge is 2.33. The first-order chi connectivity index (χ1) is 9.28. The fourth-order valence-electron chi connectivity index (χ4n) is 1.69. The highest BCUT2D eigenvalue weighted by molar-refractivity contribution is 5.65. The van der Waals surface area contributed by atoms with E-state index >= 15 is 0 Å². The van der Waals surface area contributed by atoms with Crippen LogP contribution in [0.5, 0.6) is 5.75 Å². The quantitative estimate of drug-likeness (QED) is 0.718. The Labute approximate surface area is 111 Å². The summed E-state index contributed by atoms with van der Waals surface area (Å²) in [5.41, 5.74) is 1.16. The van der Waals surface area contributed by atoms with Crippen LogP contribution in [0, 0.1) is 18.6 Å². The molecule has 2 rings (SSSR count). The van der Waals surface area contributed by atoms with Crippen molar-refractivity contribution in [3.63, 3.8) is 0 Å². The van der Waals surface area contributed by atoms with E-state index in [1.807, 2.05) is 6.92 Å². The number of ether oxygens (including phenoxy) is 1. The Balaban J connectivity index is 2.43. The fraction of sp³-hybridized carbons (Fsp3) is 0.143. The summed E-state index contributed by atoms with van der Waals surface area (Å²) in [5, 5.41) is 0. The third-order valence-electron chi connectivity index (χ3n) is 2.64. The lowest BCUT2D eigenvalue weighted by molar-refractivity contribution is -0.275. The van der Waals surface area contributed by atoms with Gasteiger partial charge in [0, 0.05) is 5.56 Å². The molecule has 0 saturated heterocycles. The second-order valence-electron chi connectivity index (χ2n) is 4.15. The Bertz CT molecular complexity index is 617. The van der Waals surface area contributed by atoms with Crippen molar-refractivity contribution in [3.05, 3.63) is 53.6 Å². The summed E-state index contributed by atoms with van der Waals surface area (Å²) in [6, 6.07) is 8.28. The molecule has 0 N–H and O–H groups in total. The van der Waals surface area contributed by atoms with Crippen LogP contribution in [0.15, 0.2) is 36.4 Å². The monoisotopic (exact) mass is 288 g/mol. The van der Waals surface area contributed by atoms with Crippen LogP contribution in [0.4, 0.5) is 22.0 Å². The van der Waals surface area contributed by atoms with E-state index < -0.39 is 23.7 Å². The van der Waals surface area contributed by atoms with E-state index in [2.05, 4.69) is 4.74 Å². The lowest BCUT2D eigenvalue weighted by atomic mass is 10.0. The molecule has 0 heterocycles. The normalized spacial score (nSPS) is 11.5. The highest BCUT2D eigenvalue weighted by atomic mass is 19.4. The fourth-order valence-corrected chi connectivity index (χ4v) is 1.69. The second kappa shape index (κ2) is 5.11. The van der Waals surface area contributed by atoms with Gasteiger partial charge in [0.2, 0.25) is 5.82 Å². The molecule has 0 atom stereocenters. The molecule has 2 aromatic carbocycles. The maximum absolute atomic E-state index is 13.8. The molecule has 106 valence electrons. The van der Waals surface area contributed by atoms with E-state index in [9.17, 15) is 22.0 Å². The molecule has 20 heavy (non-hydrogen) atoms. The first-order valence-corrected chi connectivity index (χ1v) is 5.59. The Morgan fingerprint density at radius 2 is 1.45 bits per heavy atom. The van der Waals surface area contributed by atoms with Gasteiger partial charge in [-0.05, 0) is 24.6 Å². The van der Waals surface area contributed by atoms with Crippen molar-refractivity contribution in [2.45, 2.75) is 13.3 Å². The highest BCUT2D eigenvalue weighted by Crippen LogP contribution is 2.32. The molecular formula is C14H9F5O. The standard InChI is InChI=1S/C14H9F5O/c1-8-2-4-9(5-3-8)10-6-7-11(13(16)12(10)15)20-14(17,18)19/h2-7H,1H3. The van der Waals surface area contributed by atoms with Gasteiger partial charge < -0.3 is 4.74 Å². The molecule has 0 radical (unpaired) electrons. The van der Waals surface area contributed by atoms with Crippen LogP contribution < -0.4 is 4.74 Å². The number of halogens is 5. The average molecular weight is 288 g/mol. The van der Waals surface area contributed by atoms with Crippen molar-refractivity contribution < 1.29 is 26.7 Å². The van der Waals surface area contributed by atoms with Gasteiger partial charge in [0.15, 0.2) is 11.6 Å². The minimum absolute atomic E-state index is 0.128. The number of aryl methyl sites for hydroxylation is 1. The van der Waals surface area contributed by atoms with Crippen molar-refractivity contribution in [2.75, 3.05) is 0 Å². The second-order valence-corrected chi connectivity index (χ2v) is 4.15. The third kappa shape index (κ3) is 3.07. The lowest BCUT2D eigenvalue weighted by Crippen LogP contribution is -2.18. The summed E-state index contributed by atoms with van der Waals surface area (Å²) in [6.07, 6.45) is -5.07. The van der Waals surface area contributed by atoms with Crippen LogP contribution in [0.1, 0.15) is 5.56 Å². The number of benzene rings is 2. The zero-order valence-corrected chi connectivity index (χ0v) is 10.3. The van der Waals surface area contributed by atoms with Crippen molar-refractivity contribution in [2.24, 2.45) is 0 Å². The average Bonchev–Trinajstić information content (AvgIpc) is 2.35. The molecule has 0 fully saturated rings. The third-order valence-corrected chi connectivity index (χ3v) is 2.64. The van der Waals surface area contributed by atoms with E-state index in [-0.39, 0.29) is 5.56 Å². The van der Waals surface area contributed by atoms with E-state index in [4.69, 9.17) is 0 Å². The van der Waals surface area contributed by atoms with Crippen molar-refractivity contribution in [3.8, 4) is 16.9 Å². The summed E-state index contributed by atoms with van der Waals surface area (Å²) in [6.45, 7) is 1.82. The van der Waals surface area contributed by atoms with Crippen molar-refractivity contribution in [1.29, 1.82) is 0 Å². The SMILES string of the molecule is Cc1ccc(-c2ccc(OC(F)(F)F)c(F)c2F)cc1. The smallest absolute Gasteiger partial charge is 0.403 e. The molecule has 2 aromatic rings. The number of hydrogen-bond acceptors (Lipinski definition) is 1. The molecule has 0 amide bonds. The zero-order chi connectivity index (χ0) is 14.9. The van der Waals surface area contributed by atoms with E-state index in [0.29, 0.717) is 5.56 Å². The van der Waals surface area contributed by atoms with Crippen LogP contribution in [0.2, 0.25) is 0 Å². The van der Waals surface area contributed by atoms with Crippen molar-refractivity contribution >= 4 is 0 Å². The first kappa shape index (κ1) is 14.3. The maximum Gasteiger partial charge on any atom is 0.573 e. The summed E-state index contributed by atoms with van der Waals surface area (Å²) in [4.78, 5) is 0. The number of alkyl halides is 3. The minimum atomic E-state index is -5.07. The molecular weight excluding hydrogens is 279 g/mol. The van der Waals surface area contributed by atoms with Gasteiger partial charge in [-0.15, -0.1) is 13.2 Å². The predicted octanol–water partition coefficient (Wildman–Crippen LogP) is 4.84. The van der Waals surface area contributed by atoms with Gasteiger partial charge in [0.1, 0.15) is 0 Å². The Morgan fingerprint density at radius 1 is 0.850 bits per heavy atom. The van der Waals surface area contributed by atoms with Crippen LogP contribution in [-0.2, 0) is 0 Å². The predicted molar refractivity (Wildman–Crippen MR) is 63.2 cm³/mol. The molecule has 6 heteroatoms. The van der Waals surface area contributed by atoms with Gasteiger partial charge in [-0.1, -0.05) is 29.8 Å². The van der Waals surface area contributed by atoms with E-state index in [1.165, 1.54) is 0 Å². The van der Waals surface area contributed by atoms with Crippen LogP contribution in [-0.4, -0.2) is 6.36 Å². The maximum atomic E-state index is 13.8. The molecule has 0 aliphatic heterocycles. The topological polar surface area (TPSA) is 9.23 Å². The summed E-state index contributed by atoms with van der Waals surface area (Å²) in [7, 11) is 0. The molecule has 0 aliphatic rings. The van der Waals surface area contributed by atoms with Gasteiger partial charge >= 0.3 is 6.36 Å². The molecule has 0 bridgehead atoms. The molecule has 1 nitrogen and oxygen atoms in total. The molecule has 0 saturated carbocycles. The van der Waals surface area contributed by atoms with Crippen molar-refractivity contribution in [1.82, 2.24) is 0 Å². The van der Waals surface area contributed by atoms with E-state index in [1.54, 1.807) is 24.3 Å². The molecule has 0 aliphatic carbocycles. The molecule has 0 spiro atoms. The first-order valence-electron chi connectivity index (χ1n) is 5.59. The number of hydrogen-bond donors (Lipinski definition) is 0. The van der Waals surface area contributed by atoms with Gasteiger partial charge in [-0.2, -0.15) is 4.39 Å². The Hall–Kier alpha value is -2.11. The van der Waals surface area contributed by atoms with Gasteiger partial charge in [0.05, 0.1) is 0 Å². The van der Waals surface area contributed by atoms with Crippen LogP contribution in [0.3, 0.4) is 0 Å². The van der Waals surface area contributed by atoms with Crippen LogP contribution >= 0.6 is 0 Å². The summed E-state index contributed by atoms with van der Waals surface area (Å²) < 4.78 is 66.8. The van der Waals surface area contributed by atoms with E-state index in [0.717, 1.165) is 17.7 Å². The summed E-state index contributed by atoms with van der Waals surface area (Å²) in [5.74, 6) is -4.23. The lowest BCUT2D eigenvalue weighted by Gasteiger charge is -2.12. The largest absolute Gasteiger partial charge is 0.573 e. The Morgan fingerprint density at radius 3 is 2.00 bits per heavy atom. The van der Waals surface area contributed by atoms with Gasteiger partial charge in [-0.25, -0.2) is 4.39 Å². The molecule has 0 unspecified atom stereocenters. The van der Waals surface area contributed by atoms with Gasteiger partial charge in [0.25, 0.3) is 0 Å². The number of rotatable bonds is 2. The van der Waals surface area contributed by atoms with Gasteiger partial charge in [-0.3, -0.25) is 0 Å². The molecule has 0 aromatic heterocycles. The zero-order valence-electron chi connectivity index (χ0n) is 10.3. The van der Waals surface area contributed by atoms with Crippen LogP contribution in [0.25, 0.3) is 11.1 Å². The summed E-state index contributed by atoms with van der Waals surface area (Å²) >= 11 is 0. The minimum Gasteiger partial charge on any atom is -0.403 e. The Kier molecular flexibility index (Phi) is 3.65.